The summed E-state index contributed by atoms with van der Waals surface area (Å²) in [6.45, 7) is 3.75. The Bertz CT molecular complexity index is 533. The van der Waals surface area contributed by atoms with E-state index in [1.165, 1.54) is 13.4 Å². The van der Waals surface area contributed by atoms with Gasteiger partial charge < -0.3 is 9.30 Å². The number of carbonyl (C=O) groups is 1. The molecule has 0 bridgehead atoms. The zero-order valence-electron chi connectivity index (χ0n) is 9.47. The quantitative estimate of drug-likeness (QED) is 0.718. The van der Waals surface area contributed by atoms with Crippen molar-refractivity contribution in [3.05, 3.63) is 24.3 Å². The van der Waals surface area contributed by atoms with Crippen LogP contribution < -0.4 is 0 Å². The van der Waals surface area contributed by atoms with Gasteiger partial charge in [0.2, 0.25) is 0 Å². The number of aromatic nitrogens is 3. The molecule has 5 heteroatoms. The second kappa shape index (κ2) is 3.92. The first-order valence-electron chi connectivity index (χ1n) is 5.00. The van der Waals surface area contributed by atoms with Crippen LogP contribution in [0.2, 0.25) is 0 Å². The van der Waals surface area contributed by atoms with E-state index < -0.39 is 0 Å². The number of hydrogen-bond donors (Lipinski definition) is 0. The molecule has 0 amide bonds. The van der Waals surface area contributed by atoms with Crippen molar-refractivity contribution in [1.82, 2.24) is 14.5 Å². The van der Waals surface area contributed by atoms with Crippen LogP contribution in [0, 0.1) is 6.92 Å². The predicted molar refractivity (Wildman–Crippen MR) is 59.0 cm³/mol. The molecule has 0 aromatic carbocycles. The molecule has 5 nitrogen and oxygen atoms in total. The Labute approximate surface area is 93.1 Å². The Kier molecular flexibility index (Phi) is 2.60. The summed E-state index contributed by atoms with van der Waals surface area (Å²) in [6.07, 6.45) is 5.11. The van der Waals surface area contributed by atoms with Gasteiger partial charge in [0, 0.05) is 17.8 Å². The lowest BCUT2D eigenvalue weighted by Crippen LogP contribution is -2.17. The maximum Gasteiger partial charge on any atom is 0.328 e. The third-order valence-corrected chi connectivity index (χ3v) is 2.65. The molecule has 0 N–H and O–H groups in total. The molecule has 2 aromatic rings. The summed E-state index contributed by atoms with van der Waals surface area (Å²) in [5.41, 5.74) is 1.80. The predicted octanol–water partition coefficient (Wildman–Crippen LogP) is 1.47. The molecule has 2 aromatic heterocycles. The van der Waals surface area contributed by atoms with Crippen LogP contribution in [-0.2, 0) is 9.53 Å². The highest BCUT2D eigenvalue weighted by Gasteiger charge is 2.18. The van der Waals surface area contributed by atoms with E-state index in [0.717, 1.165) is 16.6 Å². The van der Waals surface area contributed by atoms with Crippen LogP contribution in [0.15, 0.2) is 18.7 Å². The molecule has 1 unspecified atom stereocenters. The Morgan fingerprint density at radius 3 is 3.00 bits per heavy atom. The van der Waals surface area contributed by atoms with Crippen LogP contribution in [0.4, 0.5) is 0 Å². The van der Waals surface area contributed by atoms with Gasteiger partial charge in [0.1, 0.15) is 18.0 Å². The van der Waals surface area contributed by atoms with E-state index in [-0.39, 0.29) is 12.0 Å². The first-order chi connectivity index (χ1) is 7.65. The smallest absolute Gasteiger partial charge is 0.328 e. The van der Waals surface area contributed by atoms with E-state index in [9.17, 15) is 4.79 Å². The van der Waals surface area contributed by atoms with Gasteiger partial charge >= 0.3 is 5.97 Å². The number of aryl methyl sites for hydroxylation is 1. The van der Waals surface area contributed by atoms with Crippen LogP contribution in [0.3, 0.4) is 0 Å². The summed E-state index contributed by atoms with van der Waals surface area (Å²) in [5.74, 6) is -0.282. The number of methoxy groups -OCH3 is 1. The van der Waals surface area contributed by atoms with Gasteiger partial charge in [0.15, 0.2) is 0 Å². The van der Waals surface area contributed by atoms with Gasteiger partial charge in [-0.25, -0.2) is 14.8 Å². The van der Waals surface area contributed by atoms with E-state index >= 15 is 0 Å². The largest absolute Gasteiger partial charge is 0.467 e. The van der Waals surface area contributed by atoms with Crippen molar-refractivity contribution in [3.8, 4) is 0 Å². The molecule has 0 aliphatic heterocycles. The van der Waals surface area contributed by atoms with Crippen molar-refractivity contribution >= 4 is 17.0 Å². The summed E-state index contributed by atoms with van der Waals surface area (Å²) in [6, 6.07) is -0.379. The summed E-state index contributed by atoms with van der Waals surface area (Å²) in [4.78, 5) is 19.6. The molecule has 0 fully saturated rings. The van der Waals surface area contributed by atoms with Gasteiger partial charge in [-0.2, -0.15) is 0 Å². The van der Waals surface area contributed by atoms with Crippen LogP contribution >= 0.6 is 0 Å². The lowest BCUT2D eigenvalue weighted by molar-refractivity contribution is -0.143. The average Bonchev–Trinajstić information content (AvgIpc) is 2.65. The molecule has 16 heavy (non-hydrogen) atoms. The molecule has 0 saturated heterocycles. The summed E-state index contributed by atoms with van der Waals surface area (Å²) in [7, 11) is 1.38. The van der Waals surface area contributed by atoms with Crippen LogP contribution in [0.25, 0.3) is 11.0 Å². The molecular formula is C11H13N3O2. The number of ether oxygens (including phenoxy) is 1. The number of esters is 1. The molecule has 0 saturated carbocycles. The highest BCUT2D eigenvalue weighted by Crippen LogP contribution is 2.21. The standard InChI is InChI=1S/C11H13N3O2/c1-7-5-14(8(2)11(15)16-3)10-9(7)4-12-6-13-10/h4-6,8H,1-3H3. The average molecular weight is 219 g/mol. The van der Waals surface area contributed by atoms with Crippen molar-refractivity contribution < 1.29 is 9.53 Å². The summed E-state index contributed by atoms with van der Waals surface area (Å²) < 4.78 is 6.53. The molecule has 0 aliphatic rings. The molecule has 0 aliphatic carbocycles. The van der Waals surface area contributed by atoms with Crippen LogP contribution in [0.1, 0.15) is 18.5 Å². The topological polar surface area (TPSA) is 57.0 Å². The molecule has 0 spiro atoms. The third-order valence-electron chi connectivity index (χ3n) is 2.65. The van der Waals surface area contributed by atoms with Crippen molar-refractivity contribution in [2.75, 3.05) is 7.11 Å². The number of fused-ring (bicyclic) bond motifs is 1. The highest BCUT2D eigenvalue weighted by molar-refractivity contribution is 5.82. The Morgan fingerprint density at radius 1 is 1.56 bits per heavy atom. The monoisotopic (exact) mass is 219 g/mol. The maximum absolute atomic E-state index is 11.5. The molecule has 2 rings (SSSR count). The maximum atomic E-state index is 11.5. The second-order valence-electron chi connectivity index (χ2n) is 3.68. The van der Waals surface area contributed by atoms with Gasteiger partial charge in [0.25, 0.3) is 0 Å². The third kappa shape index (κ3) is 1.54. The minimum Gasteiger partial charge on any atom is -0.467 e. The number of nitrogens with zero attached hydrogens (tertiary/aromatic N) is 3. The van der Waals surface area contributed by atoms with Gasteiger partial charge in [-0.1, -0.05) is 0 Å². The lowest BCUT2D eigenvalue weighted by atomic mass is 10.3. The fraction of sp³-hybridized carbons (Fsp3) is 0.364. The van der Waals surface area contributed by atoms with Gasteiger partial charge in [-0.3, -0.25) is 0 Å². The van der Waals surface area contributed by atoms with E-state index in [1.54, 1.807) is 17.7 Å². The summed E-state index contributed by atoms with van der Waals surface area (Å²) >= 11 is 0. The lowest BCUT2D eigenvalue weighted by Gasteiger charge is -2.11. The minimum atomic E-state index is -0.379. The van der Waals surface area contributed by atoms with Crippen molar-refractivity contribution in [2.45, 2.75) is 19.9 Å². The molecular weight excluding hydrogens is 206 g/mol. The number of carbonyl (C=O) groups excluding carboxylic acids is 1. The van der Waals surface area contributed by atoms with E-state index in [4.69, 9.17) is 4.74 Å². The minimum absolute atomic E-state index is 0.282. The molecule has 2 heterocycles. The molecule has 1 atom stereocenters. The first kappa shape index (κ1) is 10.6. The first-order valence-corrected chi connectivity index (χ1v) is 5.00. The second-order valence-corrected chi connectivity index (χ2v) is 3.68. The van der Waals surface area contributed by atoms with Crippen molar-refractivity contribution in [2.24, 2.45) is 0 Å². The SMILES string of the molecule is COC(=O)C(C)n1cc(C)c2cncnc21. The Balaban J connectivity index is 2.57. The van der Waals surface area contributed by atoms with Gasteiger partial charge in [0.05, 0.1) is 7.11 Å². The zero-order chi connectivity index (χ0) is 11.7. The van der Waals surface area contributed by atoms with Crippen molar-refractivity contribution in [3.63, 3.8) is 0 Å². The van der Waals surface area contributed by atoms with Crippen LogP contribution in [0.5, 0.6) is 0 Å². The molecule has 0 radical (unpaired) electrons. The highest BCUT2D eigenvalue weighted by atomic mass is 16.5. The molecule has 84 valence electrons. The number of rotatable bonds is 2. The van der Waals surface area contributed by atoms with Gasteiger partial charge in [-0.05, 0) is 19.4 Å². The summed E-state index contributed by atoms with van der Waals surface area (Å²) in [5, 5.41) is 0.957. The van der Waals surface area contributed by atoms with Crippen LogP contribution in [-0.4, -0.2) is 27.6 Å². The van der Waals surface area contributed by atoms with E-state index in [0.29, 0.717) is 0 Å². The van der Waals surface area contributed by atoms with Gasteiger partial charge in [-0.15, -0.1) is 0 Å². The van der Waals surface area contributed by atoms with Crippen molar-refractivity contribution in [1.29, 1.82) is 0 Å². The normalized spacial score (nSPS) is 12.7. The Hall–Kier alpha value is -1.91. The number of hydrogen-bond acceptors (Lipinski definition) is 4. The fourth-order valence-electron chi connectivity index (χ4n) is 1.73. The fourth-order valence-corrected chi connectivity index (χ4v) is 1.73. The Morgan fingerprint density at radius 2 is 2.31 bits per heavy atom. The van der Waals surface area contributed by atoms with E-state index in [2.05, 4.69) is 9.97 Å². The van der Waals surface area contributed by atoms with E-state index in [1.807, 2.05) is 13.1 Å². The zero-order valence-corrected chi connectivity index (χ0v) is 9.47.